The van der Waals surface area contributed by atoms with Gasteiger partial charge in [-0.2, -0.15) is 0 Å². The van der Waals surface area contributed by atoms with Crippen LogP contribution in [0.2, 0.25) is 0 Å². The number of piperazine rings is 2. The Kier molecular flexibility index (Phi) is 5.65. The Morgan fingerprint density at radius 3 is 2.72 bits per heavy atom. The number of hydrogen-bond donors (Lipinski definition) is 1. The fourth-order valence-electron chi connectivity index (χ4n) is 3.96. The number of fused-ring (bicyclic) bond motifs is 1. The zero-order valence-electron chi connectivity index (χ0n) is 16.6. The van der Waals surface area contributed by atoms with E-state index in [4.69, 9.17) is 0 Å². The molecule has 4 rings (SSSR count). The molecular weight excluding hydrogens is 391 g/mol. The van der Waals surface area contributed by atoms with Crippen LogP contribution in [-0.2, 0) is 16.1 Å². The SMILES string of the molecule is CC(C)C[C@@H]1NC(=O)[C@H]2CN(Cc3nc(-c4ccc(F)cc4)cs3)CCN2C1=O. The minimum atomic E-state index is -0.434. The minimum Gasteiger partial charge on any atom is -0.342 e. The van der Waals surface area contributed by atoms with Gasteiger partial charge in [-0.3, -0.25) is 14.5 Å². The quantitative estimate of drug-likeness (QED) is 0.814. The number of halogens is 1. The van der Waals surface area contributed by atoms with Crippen LogP contribution in [0.4, 0.5) is 4.39 Å². The molecule has 2 atom stereocenters. The van der Waals surface area contributed by atoms with Crippen molar-refractivity contribution >= 4 is 23.2 Å². The highest BCUT2D eigenvalue weighted by atomic mass is 32.1. The van der Waals surface area contributed by atoms with Crippen LogP contribution in [0.5, 0.6) is 0 Å². The standard InChI is InChI=1S/C21H25FN4O2S/c1-13(2)9-16-21(28)26-8-7-25(10-18(26)20(27)24-16)11-19-23-17(12-29-19)14-3-5-15(22)6-4-14/h3-6,12-13,16,18H,7-11H2,1-2H3,(H,24,27)/t16-,18+/m0/s1. The highest BCUT2D eigenvalue weighted by molar-refractivity contribution is 7.09. The maximum Gasteiger partial charge on any atom is 0.245 e. The van der Waals surface area contributed by atoms with Crippen LogP contribution in [0, 0.1) is 11.7 Å². The van der Waals surface area contributed by atoms with Crippen molar-refractivity contribution in [2.24, 2.45) is 5.92 Å². The van der Waals surface area contributed by atoms with Gasteiger partial charge >= 0.3 is 0 Å². The molecule has 1 N–H and O–H groups in total. The van der Waals surface area contributed by atoms with Gasteiger partial charge in [0.25, 0.3) is 0 Å². The number of thiazole rings is 1. The number of benzene rings is 1. The lowest BCUT2D eigenvalue weighted by Crippen LogP contribution is -2.69. The van der Waals surface area contributed by atoms with Gasteiger partial charge in [-0.25, -0.2) is 9.37 Å². The average molecular weight is 417 g/mol. The maximum atomic E-state index is 13.1. The predicted octanol–water partition coefficient (Wildman–Crippen LogP) is 2.51. The van der Waals surface area contributed by atoms with Crippen molar-refractivity contribution in [3.63, 3.8) is 0 Å². The molecule has 0 saturated carbocycles. The van der Waals surface area contributed by atoms with Crippen molar-refractivity contribution in [3.05, 3.63) is 40.5 Å². The Morgan fingerprint density at radius 2 is 2.00 bits per heavy atom. The zero-order valence-corrected chi connectivity index (χ0v) is 17.4. The summed E-state index contributed by atoms with van der Waals surface area (Å²) in [6.45, 7) is 6.52. The molecule has 29 heavy (non-hydrogen) atoms. The van der Waals surface area contributed by atoms with E-state index in [1.165, 1.54) is 12.1 Å². The molecule has 6 nitrogen and oxygen atoms in total. The van der Waals surface area contributed by atoms with E-state index >= 15 is 0 Å². The summed E-state index contributed by atoms with van der Waals surface area (Å²) in [6, 6.07) is 5.47. The number of carbonyl (C=O) groups is 2. The van der Waals surface area contributed by atoms with Crippen molar-refractivity contribution in [1.29, 1.82) is 0 Å². The molecule has 0 aliphatic carbocycles. The first-order chi connectivity index (χ1) is 13.9. The molecule has 0 bridgehead atoms. The van der Waals surface area contributed by atoms with Crippen molar-refractivity contribution in [1.82, 2.24) is 20.1 Å². The smallest absolute Gasteiger partial charge is 0.245 e. The first-order valence-corrected chi connectivity index (χ1v) is 10.8. The Bertz CT molecular complexity index is 898. The topological polar surface area (TPSA) is 65.5 Å². The second-order valence-corrected chi connectivity index (χ2v) is 9.05. The lowest BCUT2D eigenvalue weighted by Gasteiger charge is -2.45. The predicted molar refractivity (Wildman–Crippen MR) is 110 cm³/mol. The lowest BCUT2D eigenvalue weighted by atomic mass is 9.97. The van der Waals surface area contributed by atoms with E-state index in [2.05, 4.69) is 29.0 Å². The Balaban J connectivity index is 1.40. The molecule has 2 aliphatic rings. The van der Waals surface area contributed by atoms with Crippen LogP contribution in [0.25, 0.3) is 11.3 Å². The third-order valence-electron chi connectivity index (χ3n) is 5.42. The molecule has 1 aromatic carbocycles. The van der Waals surface area contributed by atoms with Gasteiger partial charge in [0.1, 0.15) is 22.9 Å². The van der Waals surface area contributed by atoms with Crippen LogP contribution < -0.4 is 5.32 Å². The lowest BCUT2D eigenvalue weighted by molar-refractivity contribution is -0.153. The summed E-state index contributed by atoms with van der Waals surface area (Å²) < 4.78 is 13.1. The van der Waals surface area contributed by atoms with Gasteiger partial charge in [0.05, 0.1) is 12.2 Å². The van der Waals surface area contributed by atoms with E-state index in [0.717, 1.165) is 22.8 Å². The molecule has 1 aromatic heterocycles. The molecule has 8 heteroatoms. The third-order valence-corrected chi connectivity index (χ3v) is 6.26. The number of nitrogens with one attached hydrogen (secondary N) is 1. The number of rotatable bonds is 5. The van der Waals surface area contributed by atoms with E-state index in [1.54, 1.807) is 28.4 Å². The number of aromatic nitrogens is 1. The summed E-state index contributed by atoms with van der Waals surface area (Å²) in [5.74, 6) is 0.0576. The van der Waals surface area contributed by atoms with Gasteiger partial charge in [-0.15, -0.1) is 11.3 Å². The molecule has 3 heterocycles. The second kappa shape index (κ2) is 8.20. The van der Waals surface area contributed by atoms with Crippen LogP contribution in [-0.4, -0.2) is 58.3 Å². The summed E-state index contributed by atoms with van der Waals surface area (Å²) in [6.07, 6.45) is 0.669. The van der Waals surface area contributed by atoms with E-state index < -0.39 is 12.1 Å². The second-order valence-electron chi connectivity index (χ2n) is 8.11. The maximum absolute atomic E-state index is 13.1. The fraction of sp³-hybridized carbons (Fsp3) is 0.476. The number of hydrogen-bond acceptors (Lipinski definition) is 5. The van der Waals surface area contributed by atoms with E-state index in [1.807, 2.05) is 5.38 Å². The van der Waals surface area contributed by atoms with Crippen LogP contribution in [0.3, 0.4) is 0 Å². The molecule has 2 aromatic rings. The number of carbonyl (C=O) groups excluding carboxylic acids is 2. The van der Waals surface area contributed by atoms with Gasteiger partial charge in [-0.05, 0) is 36.6 Å². The molecule has 0 spiro atoms. The van der Waals surface area contributed by atoms with Crippen molar-refractivity contribution in [2.45, 2.75) is 38.9 Å². The molecule has 2 amide bonds. The molecule has 0 radical (unpaired) electrons. The summed E-state index contributed by atoms with van der Waals surface area (Å²) in [4.78, 5) is 33.9. The van der Waals surface area contributed by atoms with Crippen molar-refractivity contribution < 1.29 is 14.0 Å². The van der Waals surface area contributed by atoms with Gasteiger partial charge in [-0.1, -0.05) is 13.8 Å². The first kappa shape index (κ1) is 20.0. The van der Waals surface area contributed by atoms with Crippen molar-refractivity contribution in [2.75, 3.05) is 19.6 Å². The summed E-state index contributed by atoms with van der Waals surface area (Å²) in [7, 11) is 0. The van der Waals surface area contributed by atoms with Gasteiger partial charge in [0.15, 0.2) is 0 Å². The van der Waals surface area contributed by atoms with E-state index in [0.29, 0.717) is 32.0 Å². The number of nitrogens with zero attached hydrogens (tertiary/aromatic N) is 3. The Labute approximate surface area is 173 Å². The third kappa shape index (κ3) is 4.33. The molecule has 0 unspecified atom stereocenters. The van der Waals surface area contributed by atoms with Crippen molar-refractivity contribution in [3.8, 4) is 11.3 Å². The average Bonchev–Trinajstić information content (AvgIpc) is 3.14. The largest absolute Gasteiger partial charge is 0.342 e. The summed E-state index contributed by atoms with van der Waals surface area (Å²) in [5.41, 5.74) is 1.71. The van der Waals surface area contributed by atoms with Crippen LogP contribution in [0.1, 0.15) is 25.3 Å². The van der Waals surface area contributed by atoms with Gasteiger partial charge in [0.2, 0.25) is 11.8 Å². The fourth-order valence-corrected chi connectivity index (χ4v) is 4.80. The first-order valence-electron chi connectivity index (χ1n) is 9.94. The minimum absolute atomic E-state index is 0.0378. The summed E-state index contributed by atoms with van der Waals surface area (Å²) >= 11 is 1.55. The molecule has 154 valence electrons. The molecular formula is C21H25FN4O2S. The molecule has 2 aliphatic heterocycles. The van der Waals surface area contributed by atoms with Gasteiger partial charge in [0, 0.05) is 30.6 Å². The molecule has 2 fully saturated rings. The summed E-state index contributed by atoms with van der Waals surface area (Å²) in [5, 5.41) is 5.82. The highest BCUT2D eigenvalue weighted by Gasteiger charge is 2.43. The number of amides is 2. The van der Waals surface area contributed by atoms with Gasteiger partial charge < -0.3 is 10.2 Å². The molecule has 2 saturated heterocycles. The Hall–Kier alpha value is -2.32. The normalized spacial score (nSPS) is 22.7. The van der Waals surface area contributed by atoms with Crippen LogP contribution in [0.15, 0.2) is 29.6 Å². The monoisotopic (exact) mass is 416 g/mol. The zero-order chi connectivity index (χ0) is 20.5. The Morgan fingerprint density at radius 1 is 1.24 bits per heavy atom. The van der Waals surface area contributed by atoms with E-state index in [-0.39, 0.29) is 17.6 Å². The van der Waals surface area contributed by atoms with E-state index in [9.17, 15) is 14.0 Å². The van der Waals surface area contributed by atoms with Crippen LogP contribution >= 0.6 is 11.3 Å². The highest BCUT2D eigenvalue weighted by Crippen LogP contribution is 2.25.